The Bertz CT molecular complexity index is 502. The molecular formula is C16H21N3S. The van der Waals surface area contributed by atoms with Gasteiger partial charge >= 0.3 is 0 Å². The van der Waals surface area contributed by atoms with Gasteiger partial charge in [-0.15, -0.1) is 0 Å². The summed E-state index contributed by atoms with van der Waals surface area (Å²) in [4.78, 5) is 12.8. The van der Waals surface area contributed by atoms with Gasteiger partial charge in [0.15, 0.2) is 5.16 Å². The van der Waals surface area contributed by atoms with E-state index in [1.165, 1.54) is 31.2 Å². The summed E-state index contributed by atoms with van der Waals surface area (Å²) in [7, 11) is 0. The summed E-state index contributed by atoms with van der Waals surface area (Å²) in [6.07, 6.45) is 14.8. The second-order valence-electron chi connectivity index (χ2n) is 4.81. The summed E-state index contributed by atoms with van der Waals surface area (Å²) in [6, 6.07) is 6.18. The molecule has 0 saturated heterocycles. The molecule has 106 valence electrons. The Morgan fingerprint density at radius 2 is 1.85 bits per heavy atom. The van der Waals surface area contributed by atoms with Gasteiger partial charge in [0.05, 0.1) is 0 Å². The van der Waals surface area contributed by atoms with E-state index in [0.29, 0.717) is 0 Å². The van der Waals surface area contributed by atoms with Crippen molar-refractivity contribution in [2.24, 2.45) is 0 Å². The number of aryl methyl sites for hydroxylation is 2. The third-order valence-corrected chi connectivity index (χ3v) is 3.81. The SMILES string of the molecule is CSc1nccc(CCCCCCc2cccnc2)n1. The maximum atomic E-state index is 4.50. The Balaban J connectivity index is 1.59. The van der Waals surface area contributed by atoms with Gasteiger partial charge in [-0.05, 0) is 49.6 Å². The Morgan fingerprint density at radius 3 is 2.60 bits per heavy atom. The van der Waals surface area contributed by atoms with Gasteiger partial charge in [0.1, 0.15) is 0 Å². The summed E-state index contributed by atoms with van der Waals surface area (Å²) in [6.45, 7) is 0. The maximum Gasteiger partial charge on any atom is 0.187 e. The molecule has 0 aliphatic heterocycles. The lowest BCUT2D eigenvalue weighted by Gasteiger charge is -2.03. The zero-order chi connectivity index (χ0) is 14.0. The van der Waals surface area contributed by atoms with Crippen LogP contribution in [-0.4, -0.2) is 21.2 Å². The smallest absolute Gasteiger partial charge is 0.187 e. The Morgan fingerprint density at radius 1 is 1.00 bits per heavy atom. The Hall–Kier alpha value is -1.42. The molecule has 2 rings (SSSR count). The molecule has 20 heavy (non-hydrogen) atoms. The van der Waals surface area contributed by atoms with E-state index in [9.17, 15) is 0 Å². The molecule has 2 heterocycles. The first-order valence-corrected chi connectivity index (χ1v) is 8.36. The molecule has 0 unspecified atom stereocenters. The summed E-state index contributed by atoms with van der Waals surface area (Å²) >= 11 is 1.60. The van der Waals surface area contributed by atoms with E-state index < -0.39 is 0 Å². The number of thioether (sulfide) groups is 1. The van der Waals surface area contributed by atoms with E-state index in [-0.39, 0.29) is 0 Å². The van der Waals surface area contributed by atoms with Crippen LogP contribution < -0.4 is 0 Å². The highest BCUT2D eigenvalue weighted by atomic mass is 32.2. The number of nitrogens with zero attached hydrogens (tertiary/aromatic N) is 3. The third-order valence-electron chi connectivity index (χ3n) is 3.24. The maximum absolute atomic E-state index is 4.50. The van der Waals surface area contributed by atoms with Crippen molar-refractivity contribution in [1.29, 1.82) is 0 Å². The van der Waals surface area contributed by atoms with E-state index in [0.717, 1.165) is 23.7 Å². The van der Waals surface area contributed by atoms with Gasteiger partial charge in [0.25, 0.3) is 0 Å². The molecular weight excluding hydrogens is 266 g/mol. The molecule has 0 spiro atoms. The molecule has 0 bridgehead atoms. The number of unbranched alkanes of at least 4 members (excludes halogenated alkanes) is 3. The van der Waals surface area contributed by atoms with E-state index in [1.807, 2.05) is 37.0 Å². The van der Waals surface area contributed by atoms with Crippen molar-refractivity contribution >= 4 is 11.8 Å². The van der Waals surface area contributed by atoms with Crippen LogP contribution in [0.4, 0.5) is 0 Å². The van der Waals surface area contributed by atoms with Gasteiger partial charge in [0, 0.05) is 24.3 Å². The van der Waals surface area contributed by atoms with Crippen LogP contribution in [0.1, 0.15) is 36.9 Å². The van der Waals surface area contributed by atoms with Crippen molar-refractivity contribution in [3.05, 3.63) is 48.0 Å². The highest BCUT2D eigenvalue weighted by molar-refractivity contribution is 7.98. The molecule has 0 aliphatic rings. The second kappa shape index (κ2) is 8.69. The molecule has 2 aromatic heterocycles. The van der Waals surface area contributed by atoms with Crippen LogP contribution in [-0.2, 0) is 12.8 Å². The summed E-state index contributed by atoms with van der Waals surface area (Å²) in [5, 5.41) is 0.874. The topological polar surface area (TPSA) is 38.7 Å². The fourth-order valence-corrected chi connectivity index (χ4v) is 2.52. The number of hydrogen-bond acceptors (Lipinski definition) is 4. The highest BCUT2D eigenvalue weighted by Crippen LogP contribution is 2.11. The normalized spacial score (nSPS) is 10.7. The molecule has 0 amide bonds. The van der Waals surface area contributed by atoms with Gasteiger partial charge in [-0.3, -0.25) is 4.98 Å². The summed E-state index contributed by atoms with van der Waals surface area (Å²) in [5.41, 5.74) is 2.50. The lowest BCUT2D eigenvalue weighted by atomic mass is 10.1. The molecule has 0 aliphatic carbocycles. The predicted octanol–water partition coefficient (Wildman–Crippen LogP) is 3.94. The fraction of sp³-hybridized carbons (Fsp3) is 0.438. The van der Waals surface area contributed by atoms with Gasteiger partial charge in [0.2, 0.25) is 0 Å². The quantitative estimate of drug-likeness (QED) is 0.419. The number of aromatic nitrogens is 3. The van der Waals surface area contributed by atoms with Gasteiger partial charge in [-0.1, -0.05) is 30.7 Å². The minimum Gasteiger partial charge on any atom is -0.264 e. The number of pyridine rings is 1. The zero-order valence-corrected chi connectivity index (χ0v) is 12.8. The van der Waals surface area contributed by atoms with Crippen molar-refractivity contribution < 1.29 is 0 Å². The lowest BCUT2D eigenvalue weighted by Crippen LogP contribution is -1.94. The first kappa shape index (κ1) is 15.0. The van der Waals surface area contributed by atoms with Crippen LogP contribution in [0.5, 0.6) is 0 Å². The average molecular weight is 287 g/mol. The molecule has 0 N–H and O–H groups in total. The first-order chi connectivity index (χ1) is 9.88. The van der Waals surface area contributed by atoms with Crippen molar-refractivity contribution in [2.75, 3.05) is 6.26 Å². The lowest BCUT2D eigenvalue weighted by molar-refractivity contribution is 0.632. The predicted molar refractivity (Wildman–Crippen MR) is 83.9 cm³/mol. The van der Waals surface area contributed by atoms with Crippen LogP contribution in [0.3, 0.4) is 0 Å². The standard InChI is InChI=1S/C16H21N3S/c1-20-16-18-12-10-15(19-16)9-5-3-2-4-7-14-8-6-11-17-13-14/h6,8,10-13H,2-5,7,9H2,1H3. The molecule has 0 fully saturated rings. The van der Waals surface area contributed by atoms with Gasteiger partial charge in [-0.2, -0.15) is 0 Å². The van der Waals surface area contributed by atoms with Crippen LogP contribution in [0, 0.1) is 0 Å². The average Bonchev–Trinajstić information content (AvgIpc) is 2.52. The van der Waals surface area contributed by atoms with Crippen molar-refractivity contribution in [1.82, 2.24) is 15.0 Å². The van der Waals surface area contributed by atoms with Crippen molar-refractivity contribution in [3.8, 4) is 0 Å². The van der Waals surface area contributed by atoms with Crippen molar-refractivity contribution in [2.45, 2.75) is 43.7 Å². The molecule has 0 radical (unpaired) electrons. The minimum atomic E-state index is 0.874. The zero-order valence-electron chi connectivity index (χ0n) is 12.0. The van der Waals surface area contributed by atoms with Gasteiger partial charge in [-0.25, -0.2) is 9.97 Å². The van der Waals surface area contributed by atoms with Crippen LogP contribution in [0.25, 0.3) is 0 Å². The molecule has 4 heteroatoms. The van der Waals surface area contributed by atoms with E-state index >= 15 is 0 Å². The molecule has 0 atom stereocenters. The summed E-state index contributed by atoms with van der Waals surface area (Å²) in [5.74, 6) is 0. The highest BCUT2D eigenvalue weighted by Gasteiger charge is 1.99. The number of rotatable bonds is 8. The van der Waals surface area contributed by atoms with Crippen LogP contribution in [0.15, 0.2) is 41.9 Å². The van der Waals surface area contributed by atoms with Crippen molar-refractivity contribution in [3.63, 3.8) is 0 Å². The molecule has 0 aromatic carbocycles. The largest absolute Gasteiger partial charge is 0.264 e. The second-order valence-corrected chi connectivity index (χ2v) is 5.58. The monoisotopic (exact) mass is 287 g/mol. The van der Waals surface area contributed by atoms with E-state index in [2.05, 4.69) is 21.0 Å². The third kappa shape index (κ3) is 5.29. The number of hydrogen-bond donors (Lipinski definition) is 0. The Labute approximate surface area is 125 Å². The summed E-state index contributed by atoms with van der Waals surface area (Å²) < 4.78 is 0. The molecule has 2 aromatic rings. The Kier molecular flexibility index (Phi) is 6.51. The first-order valence-electron chi connectivity index (χ1n) is 7.13. The van der Waals surface area contributed by atoms with Crippen LogP contribution in [0.2, 0.25) is 0 Å². The molecule has 0 saturated carbocycles. The van der Waals surface area contributed by atoms with Gasteiger partial charge < -0.3 is 0 Å². The minimum absolute atomic E-state index is 0.874. The molecule has 3 nitrogen and oxygen atoms in total. The van der Waals surface area contributed by atoms with E-state index in [4.69, 9.17) is 0 Å². The fourth-order valence-electron chi connectivity index (χ4n) is 2.15. The van der Waals surface area contributed by atoms with E-state index in [1.54, 1.807) is 11.8 Å². The van der Waals surface area contributed by atoms with Crippen LogP contribution >= 0.6 is 11.8 Å².